The van der Waals surface area contributed by atoms with Gasteiger partial charge in [0.15, 0.2) is 0 Å². The number of piperidine rings is 1. The van der Waals surface area contributed by atoms with Gasteiger partial charge in [0.2, 0.25) is 5.91 Å². The van der Waals surface area contributed by atoms with Crippen molar-refractivity contribution in [1.29, 1.82) is 0 Å². The molecule has 1 aliphatic heterocycles. The highest BCUT2D eigenvalue weighted by Gasteiger charge is 2.30. The fourth-order valence-electron chi connectivity index (χ4n) is 3.15. The number of amides is 1. The minimum atomic E-state index is -4.41. The summed E-state index contributed by atoms with van der Waals surface area (Å²) in [6.07, 6.45) is 1.46. The van der Waals surface area contributed by atoms with Crippen molar-refractivity contribution in [2.45, 2.75) is 36.5 Å². The highest BCUT2D eigenvalue weighted by atomic mass is 32.2. The lowest BCUT2D eigenvalue weighted by molar-refractivity contribution is -0.137. The Bertz CT molecular complexity index is 745. The third-order valence-electron chi connectivity index (χ3n) is 4.61. The van der Waals surface area contributed by atoms with Gasteiger partial charge in [-0.1, -0.05) is 18.2 Å². The van der Waals surface area contributed by atoms with Crippen molar-refractivity contribution in [2.75, 3.05) is 25.4 Å². The zero-order valence-electron chi connectivity index (χ0n) is 15.2. The zero-order valence-corrected chi connectivity index (χ0v) is 16.1. The van der Waals surface area contributed by atoms with E-state index in [4.69, 9.17) is 4.42 Å². The smallest absolute Gasteiger partial charge is 0.417 e. The molecule has 3 rings (SSSR count). The van der Waals surface area contributed by atoms with Crippen LogP contribution in [0.15, 0.2) is 46.2 Å². The summed E-state index contributed by atoms with van der Waals surface area (Å²) in [5.74, 6) is 0.711. The first-order valence-electron chi connectivity index (χ1n) is 9.13. The molecule has 1 atom stereocenters. The fourth-order valence-corrected chi connectivity index (χ4v) is 3.83. The van der Waals surface area contributed by atoms with Crippen molar-refractivity contribution in [1.82, 2.24) is 15.2 Å². The van der Waals surface area contributed by atoms with E-state index in [1.165, 1.54) is 12.5 Å². The van der Waals surface area contributed by atoms with Crippen molar-refractivity contribution in [2.24, 2.45) is 0 Å². The van der Waals surface area contributed by atoms with Gasteiger partial charge in [-0.3, -0.25) is 9.69 Å². The predicted molar refractivity (Wildman–Crippen MR) is 99.8 cm³/mol. The van der Waals surface area contributed by atoms with E-state index in [1.54, 1.807) is 6.26 Å². The van der Waals surface area contributed by atoms with Crippen molar-refractivity contribution in [3.8, 4) is 0 Å². The van der Waals surface area contributed by atoms with Crippen LogP contribution in [0.2, 0.25) is 0 Å². The minimum absolute atomic E-state index is 0.0200. The Morgan fingerprint density at radius 1 is 1.25 bits per heavy atom. The van der Waals surface area contributed by atoms with Crippen LogP contribution in [0.25, 0.3) is 0 Å². The minimum Gasteiger partial charge on any atom is -0.468 e. The van der Waals surface area contributed by atoms with Crippen molar-refractivity contribution in [3.05, 3.63) is 48.0 Å². The first-order chi connectivity index (χ1) is 13.4. The number of hydrogen-bond acceptors (Lipinski definition) is 5. The van der Waals surface area contributed by atoms with E-state index >= 15 is 0 Å². The second-order valence-electron chi connectivity index (χ2n) is 6.60. The second-order valence-corrected chi connectivity index (χ2v) is 7.60. The summed E-state index contributed by atoms with van der Waals surface area (Å²) in [6, 6.07) is 5.97. The number of thioether (sulfide) groups is 1. The third kappa shape index (κ3) is 5.75. The number of halogens is 3. The highest BCUT2D eigenvalue weighted by Crippen LogP contribution is 2.29. The Hall–Kier alpha value is -2.00. The van der Waals surface area contributed by atoms with Crippen LogP contribution in [0, 0.1) is 0 Å². The van der Waals surface area contributed by atoms with Crippen LogP contribution in [0.3, 0.4) is 0 Å². The largest absolute Gasteiger partial charge is 0.468 e. The van der Waals surface area contributed by atoms with Crippen LogP contribution in [-0.4, -0.2) is 41.2 Å². The van der Waals surface area contributed by atoms with Crippen molar-refractivity contribution >= 4 is 17.7 Å². The normalized spacial score (nSPS) is 16.7. The molecule has 1 aliphatic rings. The average Bonchev–Trinajstić information content (AvgIpc) is 3.21. The van der Waals surface area contributed by atoms with Gasteiger partial charge < -0.3 is 9.73 Å². The van der Waals surface area contributed by atoms with E-state index in [0.717, 1.165) is 55.7 Å². The summed E-state index contributed by atoms with van der Waals surface area (Å²) in [7, 11) is 0. The number of aromatic nitrogens is 1. The van der Waals surface area contributed by atoms with E-state index in [2.05, 4.69) is 15.2 Å². The Balaban J connectivity index is 1.50. The van der Waals surface area contributed by atoms with Gasteiger partial charge in [0, 0.05) is 12.7 Å². The first-order valence-corrected chi connectivity index (χ1v) is 10.1. The Morgan fingerprint density at radius 2 is 2.04 bits per heavy atom. The lowest BCUT2D eigenvalue weighted by Gasteiger charge is -2.33. The Morgan fingerprint density at radius 3 is 2.64 bits per heavy atom. The number of alkyl halides is 3. The molecular weight excluding hydrogens is 391 g/mol. The highest BCUT2D eigenvalue weighted by molar-refractivity contribution is 7.99. The fraction of sp³-hybridized carbons (Fsp3) is 0.474. The number of likely N-dealkylation sites (tertiary alicyclic amines) is 1. The van der Waals surface area contributed by atoms with Crippen LogP contribution < -0.4 is 5.32 Å². The molecular formula is C19H22F3N3O2S. The van der Waals surface area contributed by atoms with Gasteiger partial charge in [0.1, 0.15) is 5.76 Å². The standard InChI is InChI=1S/C19H22F3N3O2S/c20-19(21,22)14-6-7-18(24-11-14)28-13-17(26)23-12-15(16-5-4-10-27-16)25-8-2-1-3-9-25/h4-7,10-11,15H,1-3,8-9,12-13H2,(H,23,26). The van der Waals surface area contributed by atoms with Crippen molar-refractivity contribution in [3.63, 3.8) is 0 Å². The van der Waals surface area contributed by atoms with E-state index in [9.17, 15) is 18.0 Å². The van der Waals surface area contributed by atoms with Crippen LogP contribution >= 0.6 is 11.8 Å². The number of carbonyl (C=O) groups excluding carboxylic acids is 1. The van der Waals surface area contributed by atoms with Gasteiger partial charge in [-0.2, -0.15) is 13.2 Å². The summed E-state index contributed by atoms with van der Waals surface area (Å²) in [5.41, 5.74) is -0.802. The van der Waals surface area contributed by atoms with Crippen molar-refractivity contribution < 1.29 is 22.4 Å². The summed E-state index contributed by atoms with van der Waals surface area (Å²) in [4.78, 5) is 18.3. The zero-order chi connectivity index (χ0) is 20.0. The molecule has 28 heavy (non-hydrogen) atoms. The number of furan rings is 1. The SMILES string of the molecule is O=C(CSc1ccc(C(F)(F)F)cn1)NCC(c1ccco1)N1CCCCC1. The van der Waals surface area contributed by atoms with Gasteiger partial charge in [-0.05, 0) is 50.2 Å². The average molecular weight is 413 g/mol. The summed E-state index contributed by atoms with van der Waals surface area (Å²) in [5, 5.41) is 3.28. The molecule has 9 heteroatoms. The number of nitrogens with one attached hydrogen (secondary N) is 1. The van der Waals surface area contributed by atoms with Gasteiger partial charge in [0.05, 0.1) is 28.6 Å². The molecule has 0 spiro atoms. The summed E-state index contributed by atoms with van der Waals surface area (Å²) >= 11 is 1.11. The molecule has 0 saturated carbocycles. The van der Waals surface area contributed by atoms with E-state index in [-0.39, 0.29) is 17.7 Å². The maximum Gasteiger partial charge on any atom is 0.417 e. The first kappa shape index (κ1) is 20.7. The van der Waals surface area contributed by atoms with E-state index in [0.29, 0.717) is 11.6 Å². The molecule has 2 aromatic heterocycles. The van der Waals surface area contributed by atoms with E-state index < -0.39 is 11.7 Å². The van der Waals surface area contributed by atoms with Crippen LogP contribution in [0.4, 0.5) is 13.2 Å². The maximum atomic E-state index is 12.6. The summed E-state index contributed by atoms with van der Waals surface area (Å²) < 4.78 is 43.2. The Kier molecular flexibility index (Phi) is 7.01. The lowest BCUT2D eigenvalue weighted by Crippen LogP contribution is -2.40. The molecule has 1 saturated heterocycles. The number of pyridine rings is 1. The molecule has 5 nitrogen and oxygen atoms in total. The molecule has 2 aromatic rings. The second kappa shape index (κ2) is 9.47. The Labute approximate surface area is 165 Å². The summed E-state index contributed by atoms with van der Waals surface area (Å²) in [6.45, 7) is 2.35. The third-order valence-corrected chi connectivity index (χ3v) is 5.55. The van der Waals surface area contributed by atoms with Gasteiger partial charge in [-0.25, -0.2) is 4.98 Å². The van der Waals surface area contributed by atoms with Crippen LogP contribution in [-0.2, 0) is 11.0 Å². The maximum absolute atomic E-state index is 12.6. The van der Waals surface area contributed by atoms with Crippen LogP contribution in [0.1, 0.15) is 36.6 Å². The molecule has 1 N–H and O–H groups in total. The topological polar surface area (TPSA) is 58.4 Å². The molecule has 1 unspecified atom stereocenters. The van der Waals surface area contributed by atoms with E-state index in [1.807, 2.05) is 12.1 Å². The predicted octanol–water partition coefficient (Wildman–Crippen LogP) is 4.13. The number of nitrogens with zero attached hydrogens (tertiary/aromatic N) is 2. The molecule has 0 aliphatic carbocycles. The number of hydrogen-bond donors (Lipinski definition) is 1. The molecule has 0 radical (unpaired) electrons. The molecule has 152 valence electrons. The van der Waals surface area contributed by atoms with Gasteiger partial charge >= 0.3 is 6.18 Å². The lowest BCUT2D eigenvalue weighted by atomic mass is 10.1. The molecule has 0 aromatic carbocycles. The number of rotatable bonds is 7. The molecule has 0 bridgehead atoms. The van der Waals surface area contributed by atoms with Crippen LogP contribution in [0.5, 0.6) is 0 Å². The monoisotopic (exact) mass is 413 g/mol. The van der Waals surface area contributed by atoms with Gasteiger partial charge in [-0.15, -0.1) is 0 Å². The molecule has 3 heterocycles. The molecule has 1 amide bonds. The molecule has 1 fully saturated rings. The quantitative estimate of drug-likeness (QED) is 0.692. The number of carbonyl (C=O) groups is 1. The van der Waals surface area contributed by atoms with Gasteiger partial charge in [0.25, 0.3) is 0 Å².